The third-order valence-corrected chi connectivity index (χ3v) is 4.57. The highest BCUT2D eigenvalue weighted by molar-refractivity contribution is 5.81. The molecule has 3 rings (SSSR count). The molecule has 0 spiro atoms. The van der Waals surface area contributed by atoms with Crippen LogP contribution in [0.3, 0.4) is 0 Å². The minimum atomic E-state index is 0.0633. The zero-order chi connectivity index (χ0) is 15.5. The Bertz CT molecular complexity index is 533. The second-order valence-electron chi connectivity index (χ2n) is 6.84. The van der Waals surface area contributed by atoms with E-state index in [-0.39, 0.29) is 11.9 Å². The molecule has 0 bridgehead atoms. The lowest BCUT2D eigenvalue weighted by Crippen LogP contribution is -2.44. The molecule has 1 amide bonds. The summed E-state index contributed by atoms with van der Waals surface area (Å²) < 4.78 is 0. The molecule has 0 N–H and O–H groups in total. The van der Waals surface area contributed by atoms with E-state index in [1.165, 1.54) is 6.42 Å². The Labute approximate surface area is 132 Å². The number of carbonyl (C=O) groups excluding carboxylic acids is 1. The van der Waals surface area contributed by atoms with E-state index in [2.05, 4.69) is 36.0 Å². The summed E-state index contributed by atoms with van der Waals surface area (Å²) in [5, 5.41) is 6.01. The van der Waals surface area contributed by atoms with Gasteiger partial charge in [0.1, 0.15) is 0 Å². The van der Waals surface area contributed by atoms with Crippen molar-refractivity contribution >= 4 is 12.1 Å². The van der Waals surface area contributed by atoms with Crippen LogP contribution in [-0.4, -0.2) is 41.7 Å². The SMILES string of the molecule is C[C@@H]1C[C@@H](C)CN(CC(=O)N2N=CC[C@@H]2c2ccccc2)C1. The van der Waals surface area contributed by atoms with Crippen molar-refractivity contribution in [3.63, 3.8) is 0 Å². The number of hydrogen-bond acceptors (Lipinski definition) is 3. The van der Waals surface area contributed by atoms with Crippen LogP contribution in [0.2, 0.25) is 0 Å². The quantitative estimate of drug-likeness (QED) is 0.860. The predicted octanol–water partition coefficient (Wildman–Crippen LogP) is 2.92. The summed E-state index contributed by atoms with van der Waals surface area (Å²) >= 11 is 0. The fourth-order valence-electron chi connectivity index (χ4n) is 3.79. The molecule has 1 saturated heterocycles. The van der Waals surface area contributed by atoms with Crippen LogP contribution in [0.25, 0.3) is 0 Å². The van der Waals surface area contributed by atoms with Crippen molar-refractivity contribution in [2.24, 2.45) is 16.9 Å². The monoisotopic (exact) mass is 299 g/mol. The molecular weight excluding hydrogens is 274 g/mol. The summed E-state index contributed by atoms with van der Waals surface area (Å²) in [4.78, 5) is 15.0. The van der Waals surface area contributed by atoms with Crippen molar-refractivity contribution in [3.05, 3.63) is 35.9 Å². The molecule has 0 aliphatic carbocycles. The standard InChI is InChI=1S/C18H25N3O/c1-14-10-15(2)12-20(11-14)13-18(22)21-17(8-9-19-21)16-6-4-3-5-7-16/h3-7,9,14-15,17H,8,10-13H2,1-2H3/t14-,15-,17-/m1/s1. The number of amides is 1. The van der Waals surface area contributed by atoms with E-state index in [1.54, 1.807) is 5.01 Å². The summed E-state index contributed by atoms with van der Waals surface area (Å²) in [6.07, 6.45) is 3.93. The number of nitrogens with zero attached hydrogens (tertiary/aromatic N) is 3. The number of rotatable bonds is 3. The van der Waals surface area contributed by atoms with Crippen LogP contribution in [0.15, 0.2) is 35.4 Å². The third kappa shape index (κ3) is 3.38. The third-order valence-electron chi connectivity index (χ3n) is 4.57. The van der Waals surface area contributed by atoms with Gasteiger partial charge in [0.15, 0.2) is 0 Å². The van der Waals surface area contributed by atoms with E-state index in [9.17, 15) is 4.79 Å². The molecular formula is C18H25N3O. The number of likely N-dealkylation sites (tertiary alicyclic amines) is 1. The van der Waals surface area contributed by atoms with Crippen LogP contribution in [-0.2, 0) is 4.79 Å². The van der Waals surface area contributed by atoms with E-state index in [0.717, 1.165) is 25.1 Å². The number of hydrazone groups is 1. The molecule has 4 heteroatoms. The maximum absolute atomic E-state index is 12.7. The van der Waals surface area contributed by atoms with Gasteiger partial charge in [-0.2, -0.15) is 5.10 Å². The molecule has 0 aromatic heterocycles. The zero-order valence-corrected chi connectivity index (χ0v) is 13.5. The minimum Gasteiger partial charge on any atom is -0.294 e. The van der Waals surface area contributed by atoms with Gasteiger partial charge in [-0.25, -0.2) is 5.01 Å². The van der Waals surface area contributed by atoms with Crippen molar-refractivity contribution in [1.29, 1.82) is 0 Å². The highest BCUT2D eigenvalue weighted by atomic mass is 16.2. The highest BCUT2D eigenvalue weighted by Gasteiger charge is 2.30. The molecule has 2 aliphatic heterocycles. The van der Waals surface area contributed by atoms with Crippen LogP contribution in [0, 0.1) is 11.8 Å². The summed E-state index contributed by atoms with van der Waals surface area (Å²) in [6.45, 7) is 7.06. The predicted molar refractivity (Wildman–Crippen MR) is 88.5 cm³/mol. The van der Waals surface area contributed by atoms with Crippen LogP contribution in [0.1, 0.15) is 38.3 Å². The van der Waals surface area contributed by atoms with Crippen molar-refractivity contribution in [1.82, 2.24) is 9.91 Å². The average Bonchev–Trinajstić information content (AvgIpc) is 2.96. The lowest BCUT2D eigenvalue weighted by Gasteiger charge is -2.35. The Balaban J connectivity index is 1.65. The van der Waals surface area contributed by atoms with E-state index in [0.29, 0.717) is 18.4 Å². The first-order valence-electron chi connectivity index (χ1n) is 8.25. The number of benzene rings is 1. The van der Waals surface area contributed by atoms with E-state index >= 15 is 0 Å². The summed E-state index contributed by atoms with van der Waals surface area (Å²) in [6, 6.07) is 10.2. The van der Waals surface area contributed by atoms with E-state index in [1.807, 2.05) is 24.4 Å². The lowest BCUT2D eigenvalue weighted by molar-refractivity contribution is -0.134. The lowest BCUT2D eigenvalue weighted by atomic mass is 9.92. The second kappa shape index (κ2) is 6.61. The Hall–Kier alpha value is -1.68. The molecule has 118 valence electrons. The van der Waals surface area contributed by atoms with Crippen LogP contribution in [0.4, 0.5) is 0 Å². The molecule has 22 heavy (non-hydrogen) atoms. The van der Waals surface area contributed by atoms with Crippen molar-refractivity contribution in [2.45, 2.75) is 32.7 Å². The van der Waals surface area contributed by atoms with Gasteiger partial charge in [0.2, 0.25) is 0 Å². The fourth-order valence-corrected chi connectivity index (χ4v) is 3.79. The number of carbonyl (C=O) groups is 1. The Kier molecular flexibility index (Phi) is 4.57. The topological polar surface area (TPSA) is 35.9 Å². The molecule has 0 saturated carbocycles. The Morgan fingerprint density at radius 3 is 2.55 bits per heavy atom. The van der Waals surface area contributed by atoms with Gasteiger partial charge >= 0.3 is 0 Å². The van der Waals surface area contributed by atoms with Crippen LogP contribution in [0.5, 0.6) is 0 Å². The first-order valence-corrected chi connectivity index (χ1v) is 8.25. The van der Waals surface area contributed by atoms with Gasteiger partial charge in [0.25, 0.3) is 5.91 Å². The van der Waals surface area contributed by atoms with E-state index in [4.69, 9.17) is 0 Å². The maximum Gasteiger partial charge on any atom is 0.257 e. The van der Waals surface area contributed by atoms with Gasteiger partial charge in [0, 0.05) is 25.7 Å². The highest BCUT2D eigenvalue weighted by Crippen LogP contribution is 2.28. The molecule has 0 unspecified atom stereocenters. The maximum atomic E-state index is 12.7. The molecule has 1 aromatic carbocycles. The normalized spacial score (nSPS) is 29.0. The average molecular weight is 299 g/mol. The molecule has 4 nitrogen and oxygen atoms in total. The minimum absolute atomic E-state index is 0.0633. The Morgan fingerprint density at radius 1 is 1.18 bits per heavy atom. The van der Waals surface area contributed by atoms with Gasteiger partial charge in [0.05, 0.1) is 12.6 Å². The largest absolute Gasteiger partial charge is 0.294 e. The molecule has 2 aliphatic rings. The molecule has 1 fully saturated rings. The molecule has 3 atom stereocenters. The summed E-state index contributed by atoms with van der Waals surface area (Å²) in [5.74, 6) is 1.45. The van der Waals surface area contributed by atoms with Gasteiger partial charge in [-0.05, 0) is 23.8 Å². The summed E-state index contributed by atoms with van der Waals surface area (Å²) in [7, 11) is 0. The van der Waals surface area contributed by atoms with Gasteiger partial charge in [-0.15, -0.1) is 0 Å². The fraction of sp³-hybridized carbons (Fsp3) is 0.556. The van der Waals surface area contributed by atoms with Gasteiger partial charge in [-0.3, -0.25) is 9.69 Å². The number of piperidine rings is 1. The van der Waals surface area contributed by atoms with Crippen LogP contribution < -0.4 is 0 Å². The van der Waals surface area contributed by atoms with Gasteiger partial charge in [-0.1, -0.05) is 44.2 Å². The smallest absolute Gasteiger partial charge is 0.257 e. The number of hydrogen-bond donors (Lipinski definition) is 0. The molecule has 0 radical (unpaired) electrons. The molecule has 2 heterocycles. The molecule has 1 aromatic rings. The Morgan fingerprint density at radius 2 is 1.86 bits per heavy atom. The van der Waals surface area contributed by atoms with Crippen molar-refractivity contribution < 1.29 is 4.79 Å². The second-order valence-corrected chi connectivity index (χ2v) is 6.84. The zero-order valence-electron chi connectivity index (χ0n) is 13.5. The van der Waals surface area contributed by atoms with E-state index < -0.39 is 0 Å². The van der Waals surface area contributed by atoms with Crippen molar-refractivity contribution in [2.75, 3.05) is 19.6 Å². The first-order chi connectivity index (χ1) is 10.6. The summed E-state index contributed by atoms with van der Waals surface area (Å²) in [5.41, 5.74) is 1.16. The first kappa shape index (κ1) is 15.2. The van der Waals surface area contributed by atoms with Crippen LogP contribution >= 0.6 is 0 Å². The van der Waals surface area contributed by atoms with Crippen molar-refractivity contribution in [3.8, 4) is 0 Å². The van der Waals surface area contributed by atoms with Gasteiger partial charge < -0.3 is 0 Å².